The molecule has 5 nitrogen and oxygen atoms in total. The topological polar surface area (TPSA) is 65.3 Å². The average molecular weight is 306 g/mol. The number of rotatable bonds is 4. The van der Waals surface area contributed by atoms with Crippen LogP contribution in [0.5, 0.6) is 11.6 Å². The minimum absolute atomic E-state index is 0.00642. The Morgan fingerprint density at radius 3 is 2.30 bits per heavy atom. The first-order valence-electron chi connectivity index (χ1n) is 7.08. The van der Waals surface area contributed by atoms with Gasteiger partial charge in [0.05, 0.1) is 4.92 Å². The summed E-state index contributed by atoms with van der Waals surface area (Å²) in [5, 5.41) is 11.1. The molecule has 0 N–H and O–H groups in total. The van der Waals surface area contributed by atoms with Crippen molar-refractivity contribution >= 4 is 5.69 Å². The summed E-state index contributed by atoms with van der Waals surface area (Å²) in [4.78, 5) is 14.6. The summed E-state index contributed by atoms with van der Waals surface area (Å²) in [6, 6.07) is 18.7. The third kappa shape index (κ3) is 3.35. The molecule has 114 valence electrons. The number of hydrogen-bond donors (Lipinski definition) is 0. The van der Waals surface area contributed by atoms with Gasteiger partial charge >= 0.3 is 5.69 Å². The molecular formula is C18H14N2O3. The van der Waals surface area contributed by atoms with Gasteiger partial charge in [0.2, 0.25) is 0 Å². The van der Waals surface area contributed by atoms with Crippen molar-refractivity contribution in [3.63, 3.8) is 0 Å². The second kappa shape index (κ2) is 6.27. The van der Waals surface area contributed by atoms with E-state index in [0.29, 0.717) is 11.3 Å². The Balaban J connectivity index is 1.86. The second-order valence-electron chi connectivity index (χ2n) is 5.09. The van der Waals surface area contributed by atoms with Crippen molar-refractivity contribution in [1.29, 1.82) is 0 Å². The summed E-state index contributed by atoms with van der Waals surface area (Å²) in [6.07, 6.45) is 1.54. The molecule has 0 bridgehead atoms. The molecule has 2 aromatic carbocycles. The highest BCUT2D eigenvalue weighted by atomic mass is 16.6. The van der Waals surface area contributed by atoms with Gasteiger partial charge in [-0.05, 0) is 35.7 Å². The summed E-state index contributed by atoms with van der Waals surface area (Å²) in [7, 11) is 0. The Morgan fingerprint density at radius 2 is 1.65 bits per heavy atom. The van der Waals surface area contributed by atoms with Crippen molar-refractivity contribution < 1.29 is 9.66 Å². The predicted octanol–water partition coefficient (Wildman–Crippen LogP) is 4.76. The van der Waals surface area contributed by atoms with Crippen LogP contribution in [0.4, 0.5) is 5.69 Å². The molecule has 0 atom stereocenters. The van der Waals surface area contributed by atoms with Gasteiger partial charge in [0.1, 0.15) is 5.75 Å². The number of nitro groups is 1. The van der Waals surface area contributed by atoms with Crippen molar-refractivity contribution in [1.82, 2.24) is 4.98 Å². The van der Waals surface area contributed by atoms with E-state index in [1.807, 2.05) is 42.5 Å². The van der Waals surface area contributed by atoms with Crippen molar-refractivity contribution in [3.05, 3.63) is 82.5 Å². The predicted molar refractivity (Wildman–Crippen MR) is 87.6 cm³/mol. The maximum absolute atomic E-state index is 11.1. The summed E-state index contributed by atoms with van der Waals surface area (Å²) in [5.74, 6) is 0.497. The number of benzene rings is 2. The zero-order valence-corrected chi connectivity index (χ0v) is 12.5. The van der Waals surface area contributed by atoms with Gasteiger partial charge in [-0.2, -0.15) is 0 Å². The Bertz CT molecular complexity index is 831. The minimum Gasteiger partial charge on any atom is -0.434 e. The van der Waals surface area contributed by atoms with E-state index in [1.165, 1.54) is 6.07 Å². The van der Waals surface area contributed by atoms with Crippen LogP contribution >= 0.6 is 0 Å². The fourth-order valence-electron chi connectivity index (χ4n) is 2.21. The molecule has 0 amide bonds. The molecule has 0 aliphatic rings. The van der Waals surface area contributed by atoms with Gasteiger partial charge in [0.15, 0.2) is 0 Å². The van der Waals surface area contributed by atoms with Gasteiger partial charge in [0.25, 0.3) is 5.88 Å². The van der Waals surface area contributed by atoms with E-state index in [4.69, 9.17) is 4.74 Å². The van der Waals surface area contributed by atoms with Gasteiger partial charge in [-0.15, -0.1) is 0 Å². The van der Waals surface area contributed by atoms with Gasteiger partial charge < -0.3 is 4.74 Å². The number of ether oxygens (including phenoxy) is 1. The standard InChI is InChI=1S/C18H14N2O3/c1-13-11-17(20(21)22)18(19-12-13)23-16-9-7-15(8-10-16)14-5-3-2-4-6-14/h2-12H,1H3. The van der Waals surface area contributed by atoms with Gasteiger partial charge in [-0.1, -0.05) is 42.5 Å². The third-order valence-corrected chi connectivity index (χ3v) is 3.34. The minimum atomic E-state index is -0.492. The zero-order valence-electron chi connectivity index (χ0n) is 12.5. The van der Waals surface area contributed by atoms with Crippen LogP contribution in [0.3, 0.4) is 0 Å². The van der Waals surface area contributed by atoms with E-state index < -0.39 is 4.92 Å². The molecule has 0 aliphatic carbocycles. The molecule has 0 unspecified atom stereocenters. The lowest BCUT2D eigenvalue weighted by atomic mass is 10.1. The molecule has 23 heavy (non-hydrogen) atoms. The second-order valence-corrected chi connectivity index (χ2v) is 5.09. The van der Waals surface area contributed by atoms with Crippen LogP contribution in [-0.2, 0) is 0 Å². The van der Waals surface area contributed by atoms with Crippen molar-refractivity contribution in [2.24, 2.45) is 0 Å². The Hall–Kier alpha value is -3.21. The fourth-order valence-corrected chi connectivity index (χ4v) is 2.21. The van der Waals surface area contributed by atoms with E-state index in [0.717, 1.165) is 11.1 Å². The highest BCUT2D eigenvalue weighted by Crippen LogP contribution is 2.30. The molecule has 3 aromatic rings. The molecule has 5 heteroatoms. The maximum Gasteiger partial charge on any atom is 0.331 e. The third-order valence-electron chi connectivity index (χ3n) is 3.34. The number of aromatic nitrogens is 1. The zero-order chi connectivity index (χ0) is 16.2. The lowest BCUT2D eigenvalue weighted by Crippen LogP contribution is -1.96. The highest BCUT2D eigenvalue weighted by Gasteiger charge is 2.17. The Morgan fingerprint density at radius 1 is 1.00 bits per heavy atom. The largest absolute Gasteiger partial charge is 0.434 e. The highest BCUT2D eigenvalue weighted by molar-refractivity contribution is 5.64. The number of nitrogens with zero attached hydrogens (tertiary/aromatic N) is 2. The first kappa shape index (κ1) is 14.7. The van der Waals surface area contributed by atoms with E-state index in [1.54, 1.807) is 25.3 Å². The molecule has 0 spiro atoms. The van der Waals surface area contributed by atoms with Crippen LogP contribution in [0.2, 0.25) is 0 Å². The quantitative estimate of drug-likeness (QED) is 0.515. The Kier molecular flexibility index (Phi) is 4.01. The molecule has 3 rings (SSSR count). The summed E-state index contributed by atoms with van der Waals surface area (Å²) in [6.45, 7) is 1.75. The van der Waals surface area contributed by atoms with E-state index >= 15 is 0 Å². The number of aryl methyl sites for hydroxylation is 1. The first-order valence-corrected chi connectivity index (χ1v) is 7.08. The summed E-state index contributed by atoms with van der Waals surface area (Å²) >= 11 is 0. The molecule has 0 fully saturated rings. The van der Waals surface area contributed by atoms with Gasteiger partial charge in [-0.3, -0.25) is 10.1 Å². The van der Waals surface area contributed by atoms with Crippen molar-refractivity contribution in [2.45, 2.75) is 6.92 Å². The van der Waals surface area contributed by atoms with E-state index in [-0.39, 0.29) is 11.6 Å². The smallest absolute Gasteiger partial charge is 0.331 e. The van der Waals surface area contributed by atoms with Crippen LogP contribution in [0, 0.1) is 17.0 Å². The van der Waals surface area contributed by atoms with Gasteiger partial charge in [-0.25, -0.2) is 4.98 Å². The SMILES string of the molecule is Cc1cnc(Oc2ccc(-c3ccccc3)cc2)c([N+](=O)[O-])c1. The summed E-state index contributed by atoms with van der Waals surface area (Å²) < 4.78 is 5.56. The lowest BCUT2D eigenvalue weighted by Gasteiger charge is -2.07. The first-order chi connectivity index (χ1) is 11.1. The van der Waals surface area contributed by atoms with Crippen molar-refractivity contribution in [3.8, 4) is 22.8 Å². The van der Waals surface area contributed by atoms with Crippen LogP contribution in [0.25, 0.3) is 11.1 Å². The fraction of sp³-hybridized carbons (Fsp3) is 0.0556. The average Bonchev–Trinajstić information content (AvgIpc) is 2.58. The van der Waals surface area contributed by atoms with Crippen LogP contribution in [0.15, 0.2) is 66.9 Å². The molecule has 1 heterocycles. The van der Waals surface area contributed by atoms with Crippen LogP contribution in [0.1, 0.15) is 5.56 Å². The van der Waals surface area contributed by atoms with E-state index in [2.05, 4.69) is 4.98 Å². The molecular weight excluding hydrogens is 292 g/mol. The number of hydrogen-bond acceptors (Lipinski definition) is 4. The van der Waals surface area contributed by atoms with Crippen LogP contribution < -0.4 is 4.74 Å². The summed E-state index contributed by atoms with van der Waals surface area (Å²) in [5.41, 5.74) is 2.71. The monoisotopic (exact) mass is 306 g/mol. The molecule has 0 saturated heterocycles. The molecule has 0 aliphatic heterocycles. The lowest BCUT2D eigenvalue weighted by molar-refractivity contribution is -0.386. The molecule has 0 radical (unpaired) electrons. The number of pyridine rings is 1. The maximum atomic E-state index is 11.1. The van der Waals surface area contributed by atoms with Crippen molar-refractivity contribution in [2.75, 3.05) is 0 Å². The molecule has 1 aromatic heterocycles. The van der Waals surface area contributed by atoms with Gasteiger partial charge in [0, 0.05) is 12.3 Å². The Labute approximate surface area is 133 Å². The molecule has 0 saturated carbocycles. The van der Waals surface area contributed by atoms with E-state index in [9.17, 15) is 10.1 Å². The normalized spacial score (nSPS) is 10.3. The van der Waals surface area contributed by atoms with Crippen LogP contribution in [-0.4, -0.2) is 9.91 Å².